The molecule has 1 aromatic carbocycles. The van der Waals surface area contributed by atoms with Crippen molar-refractivity contribution in [2.75, 3.05) is 30.3 Å². The Morgan fingerprint density at radius 3 is 2.89 bits per heavy atom. The molecule has 2 rings (SSSR count). The third kappa shape index (κ3) is 3.09. The van der Waals surface area contributed by atoms with Gasteiger partial charge in [-0.2, -0.15) is 0 Å². The van der Waals surface area contributed by atoms with Crippen LogP contribution in [0.15, 0.2) is 18.2 Å². The maximum atomic E-state index is 5.94. The van der Waals surface area contributed by atoms with E-state index in [-0.39, 0.29) is 0 Å². The Morgan fingerprint density at radius 2 is 2.17 bits per heavy atom. The molecule has 2 N–H and O–H groups in total. The summed E-state index contributed by atoms with van der Waals surface area (Å²) < 4.78 is 5.55. The van der Waals surface area contributed by atoms with Crippen molar-refractivity contribution in [1.29, 1.82) is 0 Å². The molecule has 0 spiro atoms. The molecule has 0 aromatic heterocycles. The van der Waals surface area contributed by atoms with Crippen LogP contribution in [0.2, 0.25) is 0 Å². The molecule has 3 heteroatoms. The zero-order valence-corrected chi connectivity index (χ0v) is 11.5. The molecule has 1 saturated heterocycles. The zero-order chi connectivity index (χ0) is 13.0. The Bertz CT molecular complexity index is 392. The molecule has 1 unspecified atom stereocenters. The fourth-order valence-electron chi connectivity index (χ4n) is 2.75. The molecule has 1 aliphatic heterocycles. The summed E-state index contributed by atoms with van der Waals surface area (Å²) in [5.41, 5.74) is 7.94. The van der Waals surface area contributed by atoms with Gasteiger partial charge in [-0.05, 0) is 31.7 Å². The summed E-state index contributed by atoms with van der Waals surface area (Å²) in [6, 6.07) is 6.05. The summed E-state index contributed by atoms with van der Waals surface area (Å²) in [6.45, 7) is 7.23. The van der Waals surface area contributed by atoms with E-state index in [1.54, 1.807) is 0 Å². The molecule has 1 aliphatic rings. The van der Waals surface area contributed by atoms with Gasteiger partial charge in [0.2, 0.25) is 0 Å². The molecule has 1 atom stereocenters. The number of nitrogens with zero attached hydrogens (tertiary/aromatic N) is 1. The van der Waals surface area contributed by atoms with Crippen LogP contribution in [0.1, 0.15) is 33.1 Å². The van der Waals surface area contributed by atoms with Crippen molar-refractivity contribution >= 4 is 11.4 Å². The summed E-state index contributed by atoms with van der Waals surface area (Å²) in [5, 5.41) is 0. The Morgan fingerprint density at radius 1 is 1.33 bits per heavy atom. The van der Waals surface area contributed by atoms with Crippen LogP contribution in [-0.2, 0) is 0 Å². The van der Waals surface area contributed by atoms with Gasteiger partial charge < -0.3 is 15.4 Å². The minimum absolute atomic E-state index is 0.682. The lowest BCUT2D eigenvalue weighted by atomic mass is 10.0. The summed E-state index contributed by atoms with van der Waals surface area (Å²) in [5.74, 6) is 1.72. The van der Waals surface area contributed by atoms with Crippen LogP contribution in [0, 0.1) is 5.92 Å². The van der Waals surface area contributed by atoms with Gasteiger partial charge in [0, 0.05) is 36.6 Å². The molecule has 0 bridgehead atoms. The van der Waals surface area contributed by atoms with E-state index >= 15 is 0 Å². The van der Waals surface area contributed by atoms with Crippen molar-refractivity contribution in [1.82, 2.24) is 0 Å². The molecular formula is C15H24N2O. The number of hydrogen-bond acceptors (Lipinski definition) is 3. The van der Waals surface area contributed by atoms with Crippen molar-refractivity contribution in [2.24, 2.45) is 5.92 Å². The van der Waals surface area contributed by atoms with Crippen molar-refractivity contribution in [3.8, 4) is 5.75 Å². The lowest BCUT2D eigenvalue weighted by Crippen LogP contribution is -2.19. The average molecular weight is 248 g/mol. The van der Waals surface area contributed by atoms with Crippen LogP contribution in [0.5, 0.6) is 5.75 Å². The number of benzene rings is 1. The highest BCUT2D eigenvalue weighted by molar-refractivity contribution is 5.61. The van der Waals surface area contributed by atoms with E-state index in [0.717, 1.165) is 30.4 Å². The predicted molar refractivity (Wildman–Crippen MR) is 77.3 cm³/mol. The van der Waals surface area contributed by atoms with Crippen molar-refractivity contribution in [2.45, 2.75) is 33.1 Å². The molecule has 1 fully saturated rings. The Labute approximate surface area is 110 Å². The van der Waals surface area contributed by atoms with Gasteiger partial charge >= 0.3 is 0 Å². The lowest BCUT2D eigenvalue weighted by molar-refractivity contribution is 0.340. The van der Waals surface area contributed by atoms with Gasteiger partial charge in [0.25, 0.3) is 0 Å². The third-order valence-corrected chi connectivity index (χ3v) is 3.57. The van der Waals surface area contributed by atoms with Gasteiger partial charge in [-0.1, -0.05) is 13.3 Å². The molecule has 18 heavy (non-hydrogen) atoms. The Kier molecular flexibility index (Phi) is 4.34. The fourth-order valence-corrected chi connectivity index (χ4v) is 2.75. The average Bonchev–Trinajstić information content (AvgIpc) is 2.78. The van der Waals surface area contributed by atoms with E-state index < -0.39 is 0 Å². The van der Waals surface area contributed by atoms with Gasteiger partial charge in [0.05, 0.1) is 6.61 Å². The van der Waals surface area contributed by atoms with Crippen molar-refractivity contribution in [3.63, 3.8) is 0 Å². The summed E-state index contributed by atoms with van der Waals surface area (Å²) in [6.07, 6.45) is 3.91. The van der Waals surface area contributed by atoms with E-state index in [4.69, 9.17) is 10.5 Å². The molecule has 0 radical (unpaired) electrons. The van der Waals surface area contributed by atoms with E-state index in [2.05, 4.69) is 24.0 Å². The molecule has 1 heterocycles. The zero-order valence-electron chi connectivity index (χ0n) is 11.5. The standard InChI is InChI=1S/C15H24N2O/c1-3-5-12-6-7-17(11-12)14-8-13(16)9-15(10-14)18-4-2/h8-10,12H,3-7,11,16H2,1-2H3. The molecule has 1 aromatic rings. The fraction of sp³-hybridized carbons (Fsp3) is 0.600. The quantitative estimate of drug-likeness (QED) is 0.813. The van der Waals surface area contributed by atoms with Gasteiger partial charge in [-0.15, -0.1) is 0 Å². The molecular weight excluding hydrogens is 224 g/mol. The van der Waals surface area contributed by atoms with E-state index in [0.29, 0.717) is 6.61 Å². The number of nitrogen functional groups attached to an aromatic ring is 1. The van der Waals surface area contributed by atoms with Gasteiger partial charge in [-0.3, -0.25) is 0 Å². The highest BCUT2D eigenvalue weighted by Crippen LogP contribution is 2.31. The third-order valence-electron chi connectivity index (χ3n) is 3.57. The molecule has 0 aliphatic carbocycles. The first-order chi connectivity index (χ1) is 8.72. The van der Waals surface area contributed by atoms with Gasteiger partial charge in [0.15, 0.2) is 0 Å². The summed E-state index contributed by atoms with van der Waals surface area (Å²) >= 11 is 0. The second-order valence-corrected chi connectivity index (χ2v) is 5.08. The van der Waals surface area contributed by atoms with Gasteiger partial charge in [0.1, 0.15) is 5.75 Å². The van der Waals surface area contributed by atoms with Crippen molar-refractivity contribution < 1.29 is 4.74 Å². The van der Waals surface area contributed by atoms with Crippen LogP contribution in [0.25, 0.3) is 0 Å². The number of ether oxygens (including phenoxy) is 1. The van der Waals surface area contributed by atoms with Crippen LogP contribution in [-0.4, -0.2) is 19.7 Å². The highest BCUT2D eigenvalue weighted by Gasteiger charge is 2.22. The number of anilines is 2. The first kappa shape index (κ1) is 13.1. The highest BCUT2D eigenvalue weighted by atomic mass is 16.5. The largest absolute Gasteiger partial charge is 0.494 e. The Balaban J connectivity index is 2.08. The second-order valence-electron chi connectivity index (χ2n) is 5.08. The first-order valence-electron chi connectivity index (χ1n) is 7.01. The summed E-state index contributed by atoms with van der Waals surface area (Å²) in [7, 11) is 0. The monoisotopic (exact) mass is 248 g/mol. The normalized spacial score (nSPS) is 19.2. The number of hydrogen-bond donors (Lipinski definition) is 1. The maximum absolute atomic E-state index is 5.94. The van der Waals surface area contributed by atoms with Gasteiger partial charge in [-0.25, -0.2) is 0 Å². The predicted octanol–water partition coefficient (Wildman–Crippen LogP) is 3.29. The molecule has 3 nitrogen and oxygen atoms in total. The van der Waals surface area contributed by atoms with E-state index in [1.807, 2.05) is 13.0 Å². The number of nitrogens with two attached hydrogens (primary N) is 1. The summed E-state index contributed by atoms with van der Waals surface area (Å²) in [4.78, 5) is 2.43. The van der Waals surface area contributed by atoms with Crippen LogP contribution in [0.4, 0.5) is 11.4 Å². The molecule has 100 valence electrons. The van der Waals surface area contributed by atoms with Crippen LogP contribution < -0.4 is 15.4 Å². The lowest BCUT2D eigenvalue weighted by Gasteiger charge is -2.20. The maximum Gasteiger partial charge on any atom is 0.123 e. The minimum Gasteiger partial charge on any atom is -0.494 e. The van der Waals surface area contributed by atoms with Crippen LogP contribution in [0.3, 0.4) is 0 Å². The SMILES string of the molecule is CCCC1CCN(c2cc(N)cc(OCC)c2)C1. The molecule has 0 amide bonds. The van der Waals surface area contributed by atoms with E-state index in [9.17, 15) is 0 Å². The minimum atomic E-state index is 0.682. The number of rotatable bonds is 5. The second kappa shape index (κ2) is 5.98. The Hall–Kier alpha value is -1.38. The van der Waals surface area contributed by atoms with E-state index in [1.165, 1.54) is 24.9 Å². The smallest absolute Gasteiger partial charge is 0.123 e. The first-order valence-corrected chi connectivity index (χ1v) is 7.01. The van der Waals surface area contributed by atoms with Crippen molar-refractivity contribution in [3.05, 3.63) is 18.2 Å². The molecule has 0 saturated carbocycles. The topological polar surface area (TPSA) is 38.5 Å². The van der Waals surface area contributed by atoms with Crippen LogP contribution >= 0.6 is 0 Å².